The monoisotopic (exact) mass is 269 g/mol. The summed E-state index contributed by atoms with van der Waals surface area (Å²) in [6.07, 6.45) is 4.01. The Labute approximate surface area is 110 Å². The zero-order valence-corrected chi connectivity index (χ0v) is 10.8. The molecular formula is C12H16ClN3O2. The number of hydrogen-bond donors (Lipinski definition) is 1. The van der Waals surface area contributed by atoms with Gasteiger partial charge in [-0.1, -0.05) is 0 Å². The zero-order valence-electron chi connectivity index (χ0n) is 10.1. The van der Waals surface area contributed by atoms with Crippen molar-refractivity contribution >= 4 is 17.5 Å². The summed E-state index contributed by atoms with van der Waals surface area (Å²) in [5.41, 5.74) is -0.0152. The van der Waals surface area contributed by atoms with Gasteiger partial charge in [0.2, 0.25) is 0 Å². The Balaban J connectivity index is 2.11. The molecule has 2 rings (SSSR count). The summed E-state index contributed by atoms with van der Waals surface area (Å²) >= 11 is 5.68. The van der Waals surface area contributed by atoms with Gasteiger partial charge in [-0.3, -0.25) is 9.59 Å². The minimum absolute atomic E-state index is 0.124. The van der Waals surface area contributed by atoms with E-state index in [4.69, 9.17) is 11.6 Å². The van der Waals surface area contributed by atoms with Crippen LogP contribution in [0.4, 0.5) is 0 Å². The Morgan fingerprint density at radius 3 is 2.78 bits per heavy atom. The van der Waals surface area contributed by atoms with E-state index in [1.807, 2.05) is 4.90 Å². The van der Waals surface area contributed by atoms with Gasteiger partial charge in [-0.25, -0.2) is 5.10 Å². The van der Waals surface area contributed by atoms with E-state index in [1.165, 1.54) is 12.1 Å². The largest absolute Gasteiger partial charge is 0.334 e. The van der Waals surface area contributed by atoms with Gasteiger partial charge in [-0.2, -0.15) is 5.10 Å². The van der Waals surface area contributed by atoms with Crippen LogP contribution in [0.1, 0.15) is 36.2 Å². The number of nitrogens with zero attached hydrogens (tertiary/aromatic N) is 2. The number of aromatic nitrogens is 2. The summed E-state index contributed by atoms with van der Waals surface area (Å²) < 4.78 is 0. The predicted molar refractivity (Wildman–Crippen MR) is 68.9 cm³/mol. The van der Waals surface area contributed by atoms with Gasteiger partial charge in [-0.15, -0.1) is 11.6 Å². The number of rotatable bonds is 5. The van der Waals surface area contributed by atoms with Crippen molar-refractivity contribution in [2.75, 3.05) is 12.4 Å². The quantitative estimate of drug-likeness (QED) is 0.822. The highest BCUT2D eigenvalue weighted by Crippen LogP contribution is 2.26. The molecule has 98 valence electrons. The van der Waals surface area contributed by atoms with Crippen LogP contribution in [-0.2, 0) is 0 Å². The van der Waals surface area contributed by atoms with Gasteiger partial charge < -0.3 is 4.90 Å². The van der Waals surface area contributed by atoms with Gasteiger partial charge in [0.05, 0.1) is 0 Å². The van der Waals surface area contributed by atoms with Crippen LogP contribution >= 0.6 is 11.6 Å². The number of H-pyrrole nitrogens is 1. The number of amides is 1. The highest BCUT2D eigenvalue weighted by atomic mass is 35.5. The summed E-state index contributed by atoms with van der Waals surface area (Å²) in [7, 11) is 0. The number of nitrogens with one attached hydrogen (secondary N) is 1. The van der Waals surface area contributed by atoms with E-state index >= 15 is 0 Å². The van der Waals surface area contributed by atoms with E-state index in [9.17, 15) is 9.59 Å². The summed E-state index contributed by atoms with van der Waals surface area (Å²) in [5.74, 6) is 0.413. The molecule has 1 aliphatic carbocycles. The Bertz CT molecular complexity index is 450. The first-order valence-corrected chi connectivity index (χ1v) is 6.68. The highest BCUT2D eigenvalue weighted by molar-refractivity contribution is 6.17. The third-order valence-corrected chi connectivity index (χ3v) is 3.47. The van der Waals surface area contributed by atoms with E-state index in [1.54, 1.807) is 0 Å². The maximum absolute atomic E-state index is 12.3. The first-order chi connectivity index (χ1) is 8.72. The molecule has 0 unspecified atom stereocenters. The minimum Gasteiger partial charge on any atom is -0.334 e. The molecule has 1 amide bonds. The molecule has 0 aromatic carbocycles. The molecule has 0 aliphatic heterocycles. The second kappa shape index (κ2) is 6.00. The highest BCUT2D eigenvalue weighted by Gasteiger charge is 2.29. The third kappa shape index (κ3) is 2.90. The van der Waals surface area contributed by atoms with Crippen LogP contribution in [0.15, 0.2) is 16.9 Å². The minimum atomic E-state index is -0.303. The lowest BCUT2D eigenvalue weighted by Crippen LogP contribution is -2.45. The van der Waals surface area contributed by atoms with Gasteiger partial charge in [0.25, 0.3) is 11.5 Å². The smallest absolute Gasteiger partial charge is 0.274 e. The molecule has 1 aliphatic rings. The SMILES string of the molecule is O=C(c1ccc(=O)[nH]n1)N(CCCCl)C1CCC1. The molecule has 0 saturated heterocycles. The second-order valence-electron chi connectivity index (χ2n) is 4.43. The summed E-state index contributed by atoms with van der Waals surface area (Å²) in [6, 6.07) is 3.09. The van der Waals surface area contributed by atoms with Gasteiger partial charge >= 0.3 is 0 Å². The molecule has 0 spiro atoms. The van der Waals surface area contributed by atoms with Gasteiger partial charge in [0, 0.05) is 24.5 Å². The van der Waals surface area contributed by atoms with Crippen molar-refractivity contribution in [2.45, 2.75) is 31.7 Å². The molecule has 1 aromatic rings. The fourth-order valence-corrected chi connectivity index (χ4v) is 2.11. The van der Waals surface area contributed by atoms with Crippen LogP contribution in [0, 0.1) is 0 Å². The first kappa shape index (κ1) is 13.1. The molecule has 5 nitrogen and oxygen atoms in total. The lowest BCUT2D eigenvalue weighted by molar-refractivity contribution is 0.0573. The number of carbonyl (C=O) groups excluding carboxylic acids is 1. The molecule has 1 saturated carbocycles. The van der Waals surface area contributed by atoms with Crippen molar-refractivity contribution < 1.29 is 4.79 Å². The maximum atomic E-state index is 12.3. The topological polar surface area (TPSA) is 66.1 Å². The standard InChI is InChI=1S/C12H16ClN3O2/c13-7-2-8-16(9-3-1-4-9)12(18)10-5-6-11(17)15-14-10/h5-6,9H,1-4,7-8H2,(H,15,17). The van der Waals surface area contributed by atoms with Gasteiger partial charge in [-0.05, 0) is 31.7 Å². The number of alkyl halides is 1. The van der Waals surface area contributed by atoms with Gasteiger partial charge in [0.15, 0.2) is 0 Å². The Morgan fingerprint density at radius 1 is 1.50 bits per heavy atom. The summed E-state index contributed by atoms with van der Waals surface area (Å²) in [4.78, 5) is 25.0. The molecule has 0 bridgehead atoms. The molecular weight excluding hydrogens is 254 g/mol. The molecule has 0 radical (unpaired) electrons. The van der Waals surface area contributed by atoms with Crippen LogP contribution in [0.25, 0.3) is 0 Å². The van der Waals surface area contributed by atoms with Crippen molar-refractivity contribution in [3.8, 4) is 0 Å². The number of aromatic amines is 1. The van der Waals surface area contributed by atoms with Crippen LogP contribution in [0.2, 0.25) is 0 Å². The van der Waals surface area contributed by atoms with Crippen LogP contribution < -0.4 is 5.56 Å². The van der Waals surface area contributed by atoms with E-state index in [0.717, 1.165) is 25.7 Å². The Morgan fingerprint density at radius 2 is 2.28 bits per heavy atom. The number of hydrogen-bond acceptors (Lipinski definition) is 3. The van der Waals surface area contributed by atoms with Crippen molar-refractivity contribution in [3.05, 3.63) is 28.2 Å². The lowest BCUT2D eigenvalue weighted by Gasteiger charge is -2.37. The normalized spacial score (nSPS) is 15.2. The van der Waals surface area contributed by atoms with E-state index in [2.05, 4.69) is 10.2 Å². The average molecular weight is 270 g/mol. The molecule has 6 heteroatoms. The summed E-state index contributed by atoms with van der Waals surface area (Å²) in [5, 5.41) is 6.07. The summed E-state index contributed by atoms with van der Waals surface area (Å²) in [6.45, 7) is 0.647. The van der Waals surface area contributed by atoms with Crippen LogP contribution in [-0.4, -0.2) is 39.5 Å². The molecule has 1 fully saturated rings. The lowest BCUT2D eigenvalue weighted by atomic mass is 9.91. The van der Waals surface area contributed by atoms with E-state index in [-0.39, 0.29) is 17.2 Å². The Kier molecular flexibility index (Phi) is 4.36. The number of carbonyl (C=O) groups is 1. The van der Waals surface area contributed by atoms with Crippen LogP contribution in [0.3, 0.4) is 0 Å². The molecule has 0 atom stereocenters. The first-order valence-electron chi connectivity index (χ1n) is 6.15. The molecule has 1 aromatic heterocycles. The van der Waals surface area contributed by atoms with E-state index in [0.29, 0.717) is 18.5 Å². The average Bonchev–Trinajstić information content (AvgIpc) is 2.32. The molecule has 1 N–H and O–H groups in total. The second-order valence-corrected chi connectivity index (χ2v) is 4.81. The van der Waals surface area contributed by atoms with Crippen molar-refractivity contribution in [1.82, 2.24) is 15.1 Å². The molecule has 18 heavy (non-hydrogen) atoms. The maximum Gasteiger partial charge on any atom is 0.274 e. The fourth-order valence-electron chi connectivity index (χ4n) is 1.99. The zero-order chi connectivity index (χ0) is 13.0. The van der Waals surface area contributed by atoms with Crippen molar-refractivity contribution in [2.24, 2.45) is 0 Å². The third-order valence-electron chi connectivity index (χ3n) is 3.21. The number of halogens is 1. The predicted octanol–water partition coefficient (Wildman–Crippen LogP) is 1.39. The molecule has 1 heterocycles. The van der Waals surface area contributed by atoms with Crippen molar-refractivity contribution in [1.29, 1.82) is 0 Å². The van der Waals surface area contributed by atoms with Gasteiger partial charge in [0.1, 0.15) is 5.69 Å². The van der Waals surface area contributed by atoms with Crippen LogP contribution in [0.5, 0.6) is 0 Å². The Hall–Kier alpha value is -1.36. The van der Waals surface area contributed by atoms with Crippen molar-refractivity contribution in [3.63, 3.8) is 0 Å². The fraction of sp³-hybridized carbons (Fsp3) is 0.583. The van der Waals surface area contributed by atoms with E-state index < -0.39 is 0 Å².